The molecular formula is C35H32N2O8S. The largest absolute Gasteiger partial charge is 0.507 e. The molecule has 0 saturated carbocycles. The van der Waals surface area contributed by atoms with Crippen LogP contribution in [0.3, 0.4) is 0 Å². The van der Waals surface area contributed by atoms with Crippen LogP contribution < -0.4 is 19.1 Å². The number of aliphatic hydroxyl groups excluding tert-OH is 1. The van der Waals surface area contributed by atoms with Crippen molar-refractivity contribution < 1.29 is 38.4 Å². The van der Waals surface area contributed by atoms with Crippen LogP contribution in [0.25, 0.3) is 5.76 Å². The molecule has 1 fully saturated rings. The Morgan fingerprint density at radius 1 is 1.04 bits per heavy atom. The number of ketones is 1. The zero-order valence-corrected chi connectivity index (χ0v) is 26.3. The summed E-state index contributed by atoms with van der Waals surface area (Å²) in [6.07, 6.45) is 1.44. The van der Waals surface area contributed by atoms with E-state index in [1.807, 2.05) is 37.3 Å². The molecule has 0 spiro atoms. The third kappa shape index (κ3) is 6.50. The fourth-order valence-corrected chi connectivity index (χ4v) is 5.94. The van der Waals surface area contributed by atoms with Crippen molar-refractivity contribution in [3.63, 3.8) is 0 Å². The van der Waals surface area contributed by atoms with Crippen molar-refractivity contribution in [3.8, 4) is 17.2 Å². The number of ether oxygens (including phenoxy) is 4. The lowest BCUT2D eigenvalue weighted by molar-refractivity contribution is -0.132. The monoisotopic (exact) mass is 640 g/mol. The van der Waals surface area contributed by atoms with Gasteiger partial charge < -0.3 is 24.1 Å². The number of aliphatic hydroxyl groups is 1. The lowest BCUT2D eigenvalue weighted by atomic mass is 9.95. The van der Waals surface area contributed by atoms with Crippen LogP contribution >= 0.6 is 11.3 Å². The van der Waals surface area contributed by atoms with Gasteiger partial charge in [0.1, 0.15) is 29.6 Å². The average Bonchev–Trinajstić information content (AvgIpc) is 3.59. The van der Waals surface area contributed by atoms with Gasteiger partial charge in [0.15, 0.2) is 16.6 Å². The number of Topliss-reactive ketones (excluding diaryl/α,β-unsaturated/α-hetero) is 1. The zero-order chi connectivity index (χ0) is 32.8. The predicted octanol–water partition coefficient (Wildman–Crippen LogP) is 6.41. The van der Waals surface area contributed by atoms with E-state index in [-0.39, 0.29) is 27.9 Å². The smallest absolute Gasteiger partial charge is 0.350 e. The lowest BCUT2D eigenvalue weighted by Gasteiger charge is -2.24. The summed E-state index contributed by atoms with van der Waals surface area (Å²) >= 11 is 0.912. The standard InChI is InChI=1S/C35H32N2O8S/c1-5-18-44-34(41)32-21(3)36-35(46-32)37-29(24-14-17-26(43-6-2)27(19-24)42-4)28(31(39)33(37)40)30(38)23-12-15-25(16-13-23)45-20-22-10-8-7-9-11-22/h5,7-17,19,29,38H,1,6,18,20H2,2-4H3/b30-28+. The zero-order valence-electron chi connectivity index (χ0n) is 25.5. The maximum Gasteiger partial charge on any atom is 0.350 e. The molecule has 1 aliphatic heterocycles. The minimum atomic E-state index is -1.11. The Morgan fingerprint density at radius 2 is 1.78 bits per heavy atom. The molecule has 10 nitrogen and oxygen atoms in total. The summed E-state index contributed by atoms with van der Waals surface area (Å²) in [5.74, 6) is -1.45. The van der Waals surface area contributed by atoms with Gasteiger partial charge in [-0.1, -0.05) is 60.4 Å². The molecule has 1 aromatic heterocycles. The van der Waals surface area contributed by atoms with E-state index in [1.54, 1.807) is 49.4 Å². The first kappa shape index (κ1) is 32.0. The Labute approximate surface area is 270 Å². The van der Waals surface area contributed by atoms with Crippen LogP contribution in [0.4, 0.5) is 5.13 Å². The van der Waals surface area contributed by atoms with Gasteiger partial charge in [0.05, 0.1) is 31.0 Å². The van der Waals surface area contributed by atoms with Crippen LogP contribution in [-0.2, 0) is 20.9 Å². The van der Waals surface area contributed by atoms with Crippen molar-refractivity contribution >= 4 is 39.9 Å². The molecule has 46 heavy (non-hydrogen) atoms. The van der Waals surface area contributed by atoms with E-state index in [2.05, 4.69) is 11.6 Å². The molecule has 1 amide bonds. The molecule has 11 heteroatoms. The number of amides is 1. The van der Waals surface area contributed by atoms with Crippen LogP contribution in [-0.4, -0.2) is 48.1 Å². The van der Waals surface area contributed by atoms with Crippen LogP contribution in [0.2, 0.25) is 0 Å². The van der Waals surface area contributed by atoms with Crippen LogP contribution in [0.5, 0.6) is 17.2 Å². The number of esters is 1. The second-order valence-corrected chi connectivity index (χ2v) is 11.1. The van der Waals surface area contributed by atoms with E-state index < -0.39 is 23.7 Å². The summed E-state index contributed by atoms with van der Waals surface area (Å²) in [5.41, 5.74) is 1.92. The molecule has 4 aromatic rings. The van der Waals surface area contributed by atoms with Crippen molar-refractivity contribution in [2.75, 3.05) is 25.2 Å². The first-order valence-corrected chi connectivity index (χ1v) is 15.2. The molecule has 0 aliphatic carbocycles. The SMILES string of the molecule is C=CCOC(=O)c1sc(N2C(=O)C(=O)/C(=C(/O)c3ccc(OCc4ccccc4)cc3)C2c2ccc(OCC)c(OC)c2)nc1C. The van der Waals surface area contributed by atoms with Crippen molar-refractivity contribution in [2.45, 2.75) is 26.5 Å². The van der Waals surface area contributed by atoms with Crippen molar-refractivity contribution in [3.05, 3.63) is 118 Å². The molecule has 5 rings (SSSR count). The second-order valence-electron chi connectivity index (χ2n) is 10.1. The predicted molar refractivity (Wildman–Crippen MR) is 173 cm³/mol. The van der Waals surface area contributed by atoms with Crippen molar-refractivity contribution in [2.24, 2.45) is 0 Å². The number of rotatable bonds is 12. The van der Waals surface area contributed by atoms with Gasteiger partial charge in [-0.15, -0.1) is 0 Å². The number of benzene rings is 3. The van der Waals surface area contributed by atoms with Gasteiger partial charge in [-0.05, 0) is 61.4 Å². The Kier molecular flexibility index (Phi) is 9.82. The van der Waals surface area contributed by atoms with Crippen LogP contribution in [0.15, 0.2) is 91.0 Å². The lowest BCUT2D eigenvalue weighted by Crippen LogP contribution is -2.29. The van der Waals surface area contributed by atoms with Gasteiger partial charge >= 0.3 is 11.9 Å². The number of nitrogens with zero attached hydrogens (tertiary/aromatic N) is 2. The molecule has 1 unspecified atom stereocenters. The molecule has 0 radical (unpaired) electrons. The maximum atomic E-state index is 13.7. The Bertz CT molecular complexity index is 1800. The highest BCUT2D eigenvalue weighted by molar-refractivity contribution is 7.17. The number of methoxy groups -OCH3 is 1. The summed E-state index contributed by atoms with van der Waals surface area (Å²) in [6.45, 7) is 7.74. The second kappa shape index (κ2) is 14.1. The first-order chi connectivity index (χ1) is 22.3. The minimum Gasteiger partial charge on any atom is -0.507 e. The molecule has 3 aromatic carbocycles. The number of hydrogen-bond acceptors (Lipinski definition) is 10. The van der Waals surface area contributed by atoms with Gasteiger partial charge in [0.2, 0.25) is 0 Å². The number of aromatic nitrogens is 1. The third-order valence-electron chi connectivity index (χ3n) is 7.13. The summed E-state index contributed by atoms with van der Waals surface area (Å²) < 4.78 is 22.3. The van der Waals surface area contributed by atoms with E-state index in [0.29, 0.717) is 47.3 Å². The van der Waals surface area contributed by atoms with E-state index in [4.69, 9.17) is 18.9 Å². The molecular weight excluding hydrogens is 608 g/mol. The van der Waals surface area contributed by atoms with Gasteiger partial charge in [-0.3, -0.25) is 14.5 Å². The molecule has 1 N–H and O–H groups in total. The minimum absolute atomic E-state index is 0.00190. The number of hydrogen-bond donors (Lipinski definition) is 1. The van der Waals surface area contributed by atoms with Gasteiger partial charge in [-0.25, -0.2) is 9.78 Å². The van der Waals surface area contributed by atoms with E-state index in [1.165, 1.54) is 18.1 Å². The van der Waals surface area contributed by atoms with E-state index >= 15 is 0 Å². The number of carbonyl (C=O) groups is 3. The van der Waals surface area contributed by atoms with Gasteiger partial charge in [0, 0.05) is 5.56 Å². The number of carbonyl (C=O) groups excluding carboxylic acids is 3. The summed E-state index contributed by atoms with van der Waals surface area (Å²) in [7, 11) is 1.48. The summed E-state index contributed by atoms with van der Waals surface area (Å²) in [6, 6.07) is 20.1. The van der Waals surface area contributed by atoms with E-state index in [9.17, 15) is 19.5 Å². The number of aryl methyl sites for hydroxylation is 1. The molecule has 1 aliphatic rings. The third-order valence-corrected chi connectivity index (χ3v) is 8.27. The molecule has 0 bridgehead atoms. The Morgan fingerprint density at radius 3 is 2.46 bits per heavy atom. The van der Waals surface area contributed by atoms with Crippen LogP contribution in [0, 0.1) is 6.92 Å². The highest BCUT2D eigenvalue weighted by Gasteiger charge is 2.48. The summed E-state index contributed by atoms with van der Waals surface area (Å²) in [4.78, 5) is 45.9. The van der Waals surface area contributed by atoms with Crippen LogP contribution in [0.1, 0.15) is 45.0 Å². The Balaban J connectivity index is 1.57. The Hall–Kier alpha value is -5.42. The topological polar surface area (TPSA) is 124 Å². The quantitative estimate of drug-likeness (QED) is 0.0615. The molecule has 2 heterocycles. The fraction of sp³-hybridized carbons (Fsp3) is 0.200. The molecule has 1 saturated heterocycles. The van der Waals surface area contributed by atoms with Gasteiger partial charge in [-0.2, -0.15) is 0 Å². The molecule has 236 valence electrons. The average molecular weight is 641 g/mol. The van der Waals surface area contributed by atoms with Crippen molar-refractivity contribution in [1.29, 1.82) is 0 Å². The number of thiazole rings is 1. The molecule has 1 atom stereocenters. The van der Waals surface area contributed by atoms with E-state index in [0.717, 1.165) is 16.9 Å². The maximum absolute atomic E-state index is 13.7. The number of anilines is 1. The first-order valence-electron chi connectivity index (χ1n) is 14.4. The van der Waals surface area contributed by atoms with Crippen molar-refractivity contribution in [1.82, 2.24) is 4.98 Å². The normalized spacial score (nSPS) is 15.5. The van der Waals surface area contributed by atoms with Gasteiger partial charge in [0.25, 0.3) is 5.78 Å². The highest BCUT2D eigenvalue weighted by Crippen LogP contribution is 2.45. The summed E-state index contributed by atoms with van der Waals surface area (Å²) in [5, 5.41) is 11.7. The highest BCUT2D eigenvalue weighted by atomic mass is 32.1. The fourth-order valence-electron chi connectivity index (χ4n) is 4.95.